The maximum atomic E-state index is 12.5. The zero-order valence-electron chi connectivity index (χ0n) is 16.5. The minimum absolute atomic E-state index is 0.0919. The predicted octanol–water partition coefficient (Wildman–Crippen LogP) is 3.44. The summed E-state index contributed by atoms with van der Waals surface area (Å²) >= 11 is 0. The third kappa shape index (κ3) is 5.01. The molecule has 0 N–H and O–H groups in total. The normalized spacial score (nSPS) is 11.3. The van der Waals surface area contributed by atoms with Gasteiger partial charge in [0.05, 0.1) is 31.8 Å². The first kappa shape index (κ1) is 21.7. The molecule has 0 aliphatic rings. The highest BCUT2D eigenvalue weighted by molar-refractivity contribution is 6.02. The summed E-state index contributed by atoms with van der Waals surface area (Å²) in [5.74, 6) is -0.659. The lowest BCUT2D eigenvalue weighted by atomic mass is 10.1. The van der Waals surface area contributed by atoms with E-state index in [4.69, 9.17) is 18.9 Å². The second kappa shape index (κ2) is 9.54. The van der Waals surface area contributed by atoms with Crippen LogP contribution in [0.3, 0.4) is 0 Å². The molecule has 9 heteroatoms. The molecule has 1 atom stereocenters. The molecule has 0 aromatic heterocycles. The minimum Gasteiger partial charge on any atom is -0.494 e. The van der Waals surface area contributed by atoms with E-state index in [-0.39, 0.29) is 17.1 Å². The first-order valence-corrected chi connectivity index (χ1v) is 8.70. The van der Waals surface area contributed by atoms with Gasteiger partial charge in [0.15, 0.2) is 17.6 Å². The van der Waals surface area contributed by atoms with E-state index in [0.29, 0.717) is 17.9 Å². The third-order valence-electron chi connectivity index (χ3n) is 4.02. The molecule has 0 saturated heterocycles. The van der Waals surface area contributed by atoms with Crippen LogP contribution < -0.4 is 14.2 Å². The molecule has 0 fully saturated rings. The molecular weight excluding hydrogens is 382 g/mol. The van der Waals surface area contributed by atoms with Crippen molar-refractivity contribution in [3.8, 4) is 17.2 Å². The van der Waals surface area contributed by atoms with Gasteiger partial charge in [-0.1, -0.05) is 0 Å². The third-order valence-corrected chi connectivity index (χ3v) is 4.02. The molecule has 29 heavy (non-hydrogen) atoms. The second-order valence-electron chi connectivity index (χ2n) is 5.85. The fourth-order valence-corrected chi connectivity index (χ4v) is 2.58. The number of nitrogens with zero attached hydrogens (tertiary/aromatic N) is 1. The van der Waals surface area contributed by atoms with Gasteiger partial charge in [0, 0.05) is 11.6 Å². The summed E-state index contributed by atoms with van der Waals surface area (Å²) in [7, 11) is 2.65. The fraction of sp³-hybridized carbons (Fsp3) is 0.300. The first-order valence-electron chi connectivity index (χ1n) is 8.70. The number of rotatable bonds is 9. The number of nitro benzene ring substituents is 1. The van der Waals surface area contributed by atoms with Crippen molar-refractivity contribution < 1.29 is 33.5 Å². The van der Waals surface area contributed by atoms with Crippen molar-refractivity contribution in [1.82, 2.24) is 0 Å². The number of ether oxygens (including phenoxy) is 4. The maximum absolute atomic E-state index is 12.5. The van der Waals surface area contributed by atoms with Gasteiger partial charge in [-0.15, -0.1) is 0 Å². The summed E-state index contributed by atoms with van der Waals surface area (Å²) in [5.41, 5.74) is -0.553. The van der Waals surface area contributed by atoms with Crippen LogP contribution in [0.1, 0.15) is 34.6 Å². The predicted molar refractivity (Wildman–Crippen MR) is 103 cm³/mol. The zero-order valence-corrected chi connectivity index (χ0v) is 16.5. The van der Waals surface area contributed by atoms with E-state index < -0.39 is 28.5 Å². The van der Waals surface area contributed by atoms with Crippen LogP contribution in [-0.4, -0.2) is 43.6 Å². The van der Waals surface area contributed by atoms with Crippen LogP contribution in [0, 0.1) is 10.1 Å². The van der Waals surface area contributed by atoms with Crippen LogP contribution in [0.4, 0.5) is 5.69 Å². The van der Waals surface area contributed by atoms with E-state index in [1.807, 2.05) is 6.92 Å². The molecule has 0 spiro atoms. The molecule has 9 nitrogen and oxygen atoms in total. The van der Waals surface area contributed by atoms with Gasteiger partial charge in [-0.05, 0) is 38.1 Å². The van der Waals surface area contributed by atoms with Crippen LogP contribution in [-0.2, 0) is 4.74 Å². The Labute approximate surface area is 167 Å². The lowest BCUT2D eigenvalue weighted by Gasteiger charge is -2.14. The van der Waals surface area contributed by atoms with Gasteiger partial charge in [0.1, 0.15) is 11.3 Å². The van der Waals surface area contributed by atoms with E-state index in [9.17, 15) is 19.7 Å². The molecule has 0 amide bonds. The Kier molecular flexibility index (Phi) is 7.13. The molecule has 0 saturated carbocycles. The summed E-state index contributed by atoms with van der Waals surface area (Å²) in [4.78, 5) is 35.7. The van der Waals surface area contributed by atoms with E-state index in [2.05, 4.69) is 0 Å². The number of esters is 1. The van der Waals surface area contributed by atoms with Crippen molar-refractivity contribution in [2.75, 3.05) is 20.8 Å². The average Bonchev–Trinajstić information content (AvgIpc) is 2.72. The molecule has 0 unspecified atom stereocenters. The summed E-state index contributed by atoms with van der Waals surface area (Å²) in [6.45, 7) is 3.72. The summed E-state index contributed by atoms with van der Waals surface area (Å²) in [6, 6.07) is 8.57. The number of methoxy groups -OCH3 is 2. The standard InChI is InChI=1S/C20H21NO8/c1-5-28-14-8-6-13(7-9-14)19(22)12(2)29-20(23)15-10-17(26-3)18(27-4)11-16(15)21(24)25/h6-12H,5H2,1-4H3/t12-/m1/s1. The second-order valence-corrected chi connectivity index (χ2v) is 5.85. The molecule has 0 aliphatic heterocycles. The van der Waals surface area contributed by atoms with Crippen molar-refractivity contribution in [3.63, 3.8) is 0 Å². The summed E-state index contributed by atoms with van der Waals surface area (Å²) in [6.07, 6.45) is -1.16. The topological polar surface area (TPSA) is 114 Å². The van der Waals surface area contributed by atoms with Gasteiger partial charge >= 0.3 is 5.97 Å². The Morgan fingerprint density at radius 2 is 1.66 bits per heavy atom. The Morgan fingerprint density at radius 3 is 2.17 bits per heavy atom. The average molecular weight is 403 g/mol. The highest BCUT2D eigenvalue weighted by atomic mass is 16.6. The Bertz CT molecular complexity index is 907. The lowest BCUT2D eigenvalue weighted by molar-refractivity contribution is -0.385. The molecule has 2 aromatic rings. The summed E-state index contributed by atoms with van der Waals surface area (Å²) in [5, 5.41) is 11.3. The quantitative estimate of drug-likeness (QED) is 0.271. The van der Waals surface area contributed by atoms with Crippen LogP contribution in [0.25, 0.3) is 0 Å². The number of carbonyl (C=O) groups is 2. The highest BCUT2D eigenvalue weighted by Gasteiger charge is 2.28. The lowest BCUT2D eigenvalue weighted by Crippen LogP contribution is -2.25. The van der Waals surface area contributed by atoms with Crippen LogP contribution in [0.2, 0.25) is 0 Å². The largest absolute Gasteiger partial charge is 0.494 e. The Morgan fingerprint density at radius 1 is 1.07 bits per heavy atom. The van der Waals surface area contributed by atoms with Crippen molar-refractivity contribution in [1.29, 1.82) is 0 Å². The van der Waals surface area contributed by atoms with Gasteiger partial charge in [-0.2, -0.15) is 0 Å². The van der Waals surface area contributed by atoms with E-state index in [0.717, 1.165) is 12.1 Å². The van der Waals surface area contributed by atoms with Gasteiger partial charge in [-0.3, -0.25) is 14.9 Å². The fourth-order valence-electron chi connectivity index (χ4n) is 2.58. The molecule has 0 bridgehead atoms. The molecule has 0 aliphatic carbocycles. The molecular formula is C20H21NO8. The van der Waals surface area contributed by atoms with Crippen molar-refractivity contribution >= 4 is 17.4 Å². The van der Waals surface area contributed by atoms with Gasteiger partial charge < -0.3 is 18.9 Å². The van der Waals surface area contributed by atoms with E-state index in [1.54, 1.807) is 24.3 Å². The number of nitro groups is 1. The Balaban J connectivity index is 2.24. The monoisotopic (exact) mass is 403 g/mol. The Hall–Kier alpha value is -3.62. The van der Waals surface area contributed by atoms with Crippen molar-refractivity contribution in [2.24, 2.45) is 0 Å². The number of carbonyl (C=O) groups excluding carboxylic acids is 2. The van der Waals surface area contributed by atoms with Crippen LogP contribution in [0.15, 0.2) is 36.4 Å². The number of ketones is 1. The molecule has 154 valence electrons. The first-order chi connectivity index (χ1) is 13.8. The maximum Gasteiger partial charge on any atom is 0.346 e. The number of hydrogen-bond donors (Lipinski definition) is 0. The van der Waals surface area contributed by atoms with Crippen molar-refractivity contribution in [3.05, 3.63) is 57.6 Å². The minimum atomic E-state index is -1.16. The van der Waals surface area contributed by atoms with Crippen LogP contribution >= 0.6 is 0 Å². The van der Waals surface area contributed by atoms with Crippen molar-refractivity contribution in [2.45, 2.75) is 20.0 Å². The summed E-state index contributed by atoms with van der Waals surface area (Å²) < 4.78 is 20.6. The van der Waals surface area contributed by atoms with Crippen LogP contribution in [0.5, 0.6) is 17.2 Å². The molecule has 2 aromatic carbocycles. The van der Waals surface area contributed by atoms with E-state index >= 15 is 0 Å². The smallest absolute Gasteiger partial charge is 0.346 e. The molecule has 2 rings (SSSR count). The number of benzene rings is 2. The highest BCUT2D eigenvalue weighted by Crippen LogP contribution is 2.35. The van der Waals surface area contributed by atoms with Gasteiger partial charge in [-0.25, -0.2) is 4.79 Å². The number of Topliss-reactive ketones (excluding diaryl/α,β-unsaturated/α-hetero) is 1. The zero-order chi connectivity index (χ0) is 21.6. The van der Waals surface area contributed by atoms with E-state index in [1.165, 1.54) is 21.1 Å². The van der Waals surface area contributed by atoms with Gasteiger partial charge in [0.25, 0.3) is 5.69 Å². The molecule has 0 heterocycles. The number of hydrogen-bond acceptors (Lipinski definition) is 8. The SMILES string of the molecule is CCOc1ccc(C(=O)[C@@H](C)OC(=O)c2cc(OC)c(OC)cc2[N+](=O)[O-])cc1. The molecule has 0 radical (unpaired) electrons. The van der Waals surface area contributed by atoms with Gasteiger partial charge in [0.2, 0.25) is 5.78 Å².